The number of aromatic amines is 1. The number of pyridine rings is 1. The Labute approximate surface area is 198 Å². The molecule has 7 heteroatoms. The highest BCUT2D eigenvalue weighted by molar-refractivity contribution is 6.06. The number of nitrogens with zero attached hydrogens (tertiary/aromatic N) is 2. The number of unbranched alkanes of at least 4 members (excludes halogenated alkanes) is 3. The monoisotopic (exact) mass is 456 g/mol. The van der Waals surface area contributed by atoms with Crippen molar-refractivity contribution in [3.8, 4) is 11.1 Å². The normalized spacial score (nSPS) is 10.9. The summed E-state index contributed by atoms with van der Waals surface area (Å²) in [7, 11) is 0. The summed E-state index contributed by atoms with van der Waals surface area (Å²) < 4.78 is 0. The van der Waals surface area contributed by atoms with E-state index in [0.717, 1.165) is 41.6 Å². The van der Waals surface area contributed by atoms with Gasteiger partial charge in [-0.1, -0.05) is 37.1 Å². The molecule has 2 aromatic carbocycles. The minimum absolute atomic E-state index is 0.0895. The highest BCUT2D eigenvalue weighted by Gasteiger charge is 2.18. The molecule has 0 unspecified atom stereocenters. The SMILES string of the molecule is O=C(CCCCCCN(C(=O)c1cccnc1)c1ccc(-c2ccc3cc[nH]c3c2)cc1)NO. The number of hydrogen-bond acceptors (Lipinski definition) is 4. The molecule has 174 valence electrons. The summed E-state index contributed by atoms with van der Waals surface area (Å²) in [5.41, 5.74) is 6.31. The topological polar surface area (TPSA) is 98.3 Å². The summed E-state index contributed by atoms with van der Waals surface area (Å²) in [6.07, 6.45) is 8.70. The highest BCUT2D eigenvalue weighted by Crippen LogP contribution is 2.27. The molecule has 0 aliphatic rings. The molecule has 0 spiro atoms. The Morgan fingerprint density at radius 1 is 0.941 bits per heavy atom. The van der Waals surface area contributed by atoms with Gasteiger partial charge in [-0.25, -0.2) is 5.48 Å². The van der Waals surface area contributed by atoms with Gasteiger partial charge in [0.25, 0.3) is 5.91 Å². The van der Waals surface area contributed by atoms with Gasteiger partial charge in [-0.3, -0.25) is 19.8 Å². The molecule has 0 fully saturated rings. The average Bonchev–Trinajstić information content (AvgIpc) is 3.36. The van der Waals surface area contributed by atoms with Gasteiger partial charge in [0.2, 0.25) is 5.91 Å². The first-order chi connectivity index (χ1) is 16.7. The lowest BCUT2D eigenvalue weighted by Crippen LogP contribution is -2.32. The number of hydroxylamine groups is 1. The van der Waals surface area contributed by atoms with E-state index >= 15 is 0 Å². The second kappa shape index (κ2) is 11.2. The Bertz CT molecular complexity index is 1240. The van der Waals surface area contributed by atoms with Crippen molar-refractivity contribution in [1.29, 1.82) is 0 Å². The number of nitrogens with one attached hydrogen (secondary N) is 2. The molecule has 0 radical (unpaired) electrons. The first-order valence-corrected chi connectivity index (χ1v) is 11.5. The Kier molecular flexibility index (Phi) is 7.67. The van der Waals surface area contributed by atoms with Crippen LogP contribution in [0.4, 0.5) is 5.69 Å². The van der Waals surface area contributed by atoms with Crippen LogP contribution in [-0.2, 0) is 4.79 Å². The maximum atomic E-state index is 13.3. The zero-order valence-electron chi connectivity index (χ0n) is 18.9. The van der Waals surface area contributed by atoms with Crippen LogP contribution in [0.3, 0.4) is 0 Å². The molecule has 0 aliphatic heterocycles. The van der Waals surface area contributed by atoms with Gasteiger partial charge in [0, 0.05) is 42.8 Å². The minimum atomic E-state index is -0.371. The summed E-state index contributed by atoms with van der Waals surface area (Å²) >= 11 is 0. The molecule has 4 rings (SSSR count). The van der Waals surface area contributed by atoms with Crippen molar-refractivity contribution in [1.82, 2.24) is 15.4 Å². The summed E-state index contributed by atoms with van der Waals surface area (Å²) in [5, 5.41) is 9.76. The summed E-state index contributed by atoms with van der Waals surface area (Å²) in [5.74, 6) is -0.461. The molecule has 4 aromatic rings. The molecule has 2 amide bonds. The van der Waals surface area contributed by atoms with E-state index in [1.165, 1.54) is 5.39 Å². The van der Waals surface area contributed by atoms with Crippen molar-refractivity contribution in [2.75, 3.05) is 11.4 Å². The van der Waals surface area contributed by atoms with Crippen LogP contribution in [0.2, 0.25) is 0 Å². The van der Waals surface area contributed by atoms with E-state index in [1.807, 2.05) is 36.5 Å². The number of aromatic nitrogens is 2. The molecule has 0 atom stereocenters. The lowest BCUT2D eigenvalue weighted by atomic mass is 10.0. The molecule has 2 aromatic heterocycles. The molecule has 0 aliphatic carbocycles. The van der Waals surface area contributed by atoms with E-state index in [-0.39, 0.29) is 11.8 Å². The molecule has 34 heavy (non-hydrogen) atoms. The zero-order chi connectivity index (χ0) is 23.8. The van der Waals surface area contributed by atoms with Crippen LogP contribution in [0, 0.1) is 0 Å². The lowest BCUT2D eigenvalue weighted by molar-refractivity contribution is -0.129. The third kappa shape index (κ3) is 5.68. The Hall–Kier alpha value is -3.97. The van der Waals surface area contributed by atoms with E-state index in [4.69, 9.17) is 5.21 Å². The first kappa shape index (κ1) is 23.2. The number of carbonyl (C=O) groups is 2. The first-order valence-electron chi connectivity index (χ1n) is 11.5. The number of amides is 2. The largest absolute Gasteiger partial charge is 0.361 e. The quantitative estimate of drug-likeness (QED) is 0.171. The maximum absolute atomic E-state index is 13.3. The smallest absolute Gasteiger partial charge is 0.259 e. The fourth-order valence-corrected chi connectivity index (χ4v) is 4.02. The van der Waals surface area contributed by atoms with E-state index in [2.05, 4.69) is 28.2 Å². The summed E-state index contributed by atoms with van der Waals surface area (Å²) in [6, 6.07) is 19.9. The van der Waals surface area contributed by atoms with Crippen molar-refractivity contribution in [3.05, 3.63) is 84.8 Å². The number of fused-ring (bicyclic) bond motifs is 1. The van der Waals surface area contributed by atoms with Crippen LogP contribution in [0.15, 0.2) is 79.3 Å². The Balaban J connectivity index is 1.47. The Morgan fingerprint density at radius 3 is 2.50 bits per heavy atom. The van der Waals surface area contributed by atoms with Crippen LogP contribution in [0.5, 0.6) is 0 Å². The van der Waals surface area contributed by atoms with Crippen molar-refractivity contribution in [3.63, 3.8) is 0 Å². The number of anilines is 1. The van der Waals surface area contributed by atoms with Gasteiger partial charge in [-0.05, 0) is 65.8 Å². The maximum Gasteiger partial charge on any atom is 0.259 e. The van der Waals surface area contributed by atoms with Gasteiger partial charge in [0.05, 0.1) is 5.56 Å². The lowest BCUT2D eigenvalue weighted by Gasteiger charge is -2.23. The highest BCUT2D eigenvalue weighted by atomic mass is 16.5. The Morgan fingerprint density at radius 2 is 1.74 bits per heavy atom. The molecule has 0 bridgehead atoms. The van der Waals surface area contributed by atoms with Crippen LogP contribution in [-0.4, -0.2) is 33.5 Å². The van der Waals surface area contributed by atoms with Crippen molar-refractivity contribution >= 4 is 28.4 Å². The average molecular weight is 457 g/mol. The predicted octanol–water partition coefficient (Wildman–Crippen LogP) is 5.33. The van der Waals surface area contributed by atoms with Gasteiger partial charge in [-0.2, -0.15) is 0 Å². The predicted molar refractivity (Wildman–Crippen MR) is 133 cm³/mol. The second-order valence-electron chi connectivity index (χ2n) is 8.22. The zero-order valence-corrected chi connectivity index (χ0v) is 18.9. The van der Waals surface area contributed by atoms with E-state index in [9.17, 15) is 9.59 Å². The molecule has 7 nitrogen and oxygen atoms in total. The number of H-pyrrole nitrogens is 1. The van der Waals surface area contributed by atoms with Gasteiger partial charge in [-0.15, -0.1) is 0 Å². The van der Waals surface area contributed by atoms with Gasteiger partial charge < -0.3 is 9.88 Å². The minimum Gasteiger partial charge on any atom is -0.361 e. The summed E-state index contributed by atoms with van der Waals surface area (Å²) in [4.78, 5) is 33.5. The third-order valence-corrected chi connectivity index (χ3v) is 5.88. The van der Waals surface area contributed by atoms with Crippen molar-refractivity contribution in [2.45, 2.75) is 32.1 Å². The fraction of sp³-hybridized carbons (Fsp3) is 0.222. The van der Waals surface area contributed by atoms with Crippen LogP contribution in [0.1, 0.15) is 42.5 Å². The molecular formula is C27H28N4O3. The van der Waals surface area contributed by atoms with Crippen LogP contribution < -0.4 is 10.4 Å². The fourth-order valence-electron chi connectivity index (χ4n) is 4.02. The molecular weight excluding hydrogens is 428 g/mol. The van der Waals surface area contributed by atoms with E-state index in [1.54, 1.807) is 34.9 Å². The number of carbonyl (C=O) groups excluding carboxylic acids is 2. The van der Waals surface area contributed by atoms with E-state index in [0.29, 0.717) is 24.9 Å². The number of hydrogen-bond donors (Lipinski definition) is 3. The van der Waals surface area contributed by atoms with Crippen molar-refractivity contribution in [2.24, 2.45) is 0 Å². The van der Waals surface area contributed by atoms with Gasteiger partial charge in [0.1, 0.15) is 0 Å². The van der Waals surface area contributed by atoms with Gasteiger partial charge >= 0.3 is 0 Å². The third-order valence-electron chi connectivity index (χ3n) is 5.88. The standard InChI is InChI=1S/C27H28N4O3/c32-26(30-34)7-3-1-2-4-17-31(27(33)23-6-5-15-28-19-23)24-12-10-20(11-13-24)22-9-8-21-14-16-29-25(21)18-22/h5-6,8-16,18-19,29,34H,1-4,7,17H2,(H,30,32). The second-order valence-corrected chi connectivity index (χ2v) is 8.22. The van der Waals surface area contributed by atoms with Crippen molar-refractivity contribution < 1.29 is 14.8 Å². The number of rotatable bonds is 10. The van der Waals surface area contributed by atoms with Crippen LogP contribution in [0.25, 0.3) is 22.0 Å². The number of benzene rings is 2. The molecule has 2 heterocycles. The molecule has 3 N–H and O–H groups in total. The van der Waals surface area contributed by atoms with Gasteiger partial charge in [0.15, 0.2) is 0 Å². The summed E-state index contributed by atoms with van der Waals surface area (Å²) in [6.45, 7) is 0.563. The van der Waals surface area contributed by atoms with Crippen LogP contribution >= 0.6 is 0 Å². The molecule has 0 saturated heterocycles. The molecule has 0 saturated carbocycles. The van der Waals surface area contributed by atoms with E-state index < -0.39 is 0 Å².